The molecule has 5 nitrogen and oxygen atoms in total. The van der Waals surface area contributed by atoms with Crippen LogP contribution in [0.4, 0.5) is 4.39 Å². The van der Waals surface area contributed by atoms with Gasteiger partial charge in [0.15, 0.2) is 0 Å². The molecule has 0 radical (unpaired) electrons. The lowest BCUT2D eigenvalue weighted by atomic mass is 9.83. The van der Waals surface area contributed by atoms with Crippen molar-refractivity contribution < 1.29 is 18.7 Å². The Morgan fingerprint density at radius 2 is 2.26 bits per heavy atom. The number of nitriles is 1. The minimum absolute atomic E-state index is 0.0142. The summed E-state index contributed by atoms with van der Waals surface area (Å²) in [5.74, 6) is -2.10. The summed E-state index contributed by atoms with van der Waals surface area (Å²) < 4.78 is 24.1. The number of ether oxygens (including phenoxy) is 2. The van der Waals surface area contributed by atoms with Crippen LogP contribution in [0.2, 0.25) is 5.02 Å². The van der Waals surface area contributed by atoms with Crippen molar-refractivity contribution in [1.82, 2.24) is 0 Å². The maximum absolute atomic E-state index is 13.8. The van der Waals surface area contributed by atoms with E-state index in [1.807, 2.05) is 6.07 Å². The van der Waals surface area contributed by atoms with Gasteiger partial charge in [0, 0.05) is 0 Å². The SMILES string of the molecule is CCOC(=O)C1=C(C)OC(N)=C(C#N)C1c1ccc(Cl)c(F)c1. The number of nitrogens with two attached hydrogens (primary N) is 1. The highest BCUT2D eigenvalue weighted by atomic mass is 35.5. The van der Waals surface area contributed by atoms with E-state index < -0.39 is 17.7 Å². The van der Waals surface area contributed by atoms with Crippen LogP contribution in [-0.2, 0) is 14.3 Å². The molecule has 0 bridgehead atoms. The second kappa shape index (κ2) is 6.71. The van der Waals surface area contributed by atoms with Crippen molar-refractivity contribution >= 4 is 17.6 Å². The number of carbonyl (C=O) groups excluding carboxylic acids is 1. The van der Waals surface area contributed by atoms with Gasteiger partial charge in [-0.05, 0) is 31.5 Å². The maximum Gasteiger partial charge on any atom is 0.338 e. The van der Waals surface area contributed by atoms with Crippen LogP contribution >= 0.6 is 11.6 Å². The number of nitrogens with zero attached hydrogens (tertiary/aromatic N) is 1. The van der Waals surface area contributed by atoms with E-state index in [0.717, 1.165) is 6.07 Å². The lowest BCUT2D eigenvalue weighted by Gasteiger charge is -2.26. The predicted molar refractivity (Wildman–Crippen MR) is 81.4 cm³/mol. The first-order valence-corrected chi connectivity index (χ1v) is 7.18. The zero-order chi connectivity index (χ0) is 17.1. The molecule has 0 amide bonds. The van der Waals surface area contributed by atoms with Gasteiger partial charge in [0.1, 0.15) is 23.2 Å². The highest BCUT2D eigenvalue weighted by Gasteiger charge is 2.36. The molecule has 0 fully saturated rings. The van der Waals surface area contributed by atoms with Gasteiger partial charge >= 0.3 is 5.97 Å². The number of rotatable bonds is 3. The fraction of sp³-hybridized carbons (Fsp3) is 0.250. The molecule has 7 heteroatoms. The number of hydrogen-bond acceptors (Lipinski definition) is 5. The van der Waals surface area contributed by atoms with Crippen LogP contribution in [0.3, 0.4) is 0 Å². The van der Waals surface area contributed by atoms with Crippen LogP contribution in [0.25, 0.3) is 0 Å². The monoisotopic (exact) mass is 336 g/mol. The van der Waals surface area contributed by atoms with Crippen molar-refractivity contribution in [3.8, 4) is 6.07 Å². The van der Waals surface area contributed by atoms with Gasteiger partial charge in [-0.25, -0.2) is 9.18 Å². The molecule has 1 aromatic rings. The smallest absolute Gasteiger partial charge is 0.338 e. The van der Waals surface area contributed by atoms with E-state index in [0.29, 0.717) is 5.56 Å². The van der Waals surface area contributed by atoms with Gasteiger partial charge in [0.05, 0.1) is 23.1 Å². The van der Waals surface area contributed by atoms with E-state index in [1.54, 1.807) is 6.92 Å². The van der Waals surface area contributed by atoms with Gasteiger partial charge in [-0.2, -0.15) is 5.26 Å². The molecular weight excluding hydrogens is 323 g/mol. The van der Waals surface area contributed by atoms with E-state index in [2.05, 4.69) is 0 Å². The van der Waals surface area contributed by atoms with Crippen LogP contribution in [0, 0.1) is 17.1 Å². The normalized spacial score (nSPS) is 17.6. The topological polar surface area (TPSA) is 85.3 Å². The molecule has 0 saturated heterocycles. The molecule has 1 aliphatic heterocycles. The summed E-state index contributed by atoms with van der Waals surface area (Å²) in [5.41, 5.74) is 6.22. The summed E-state index contributed by atoms with van der Waals surface area (Å²) in [4.78, 5) is 12.3. The molecule has 0 aliphatic carbocycles. The molecule has 1 aliphatic rings. The first kappa shape index (κ1) is 16.8. The van der Waals surface area contributed by atoms with Gasteiger partial charge < -0.3 is 15.2 Å². The Balaban J connectivity index is 2.64. The Bertz CT molecular complexity index is 765. The molecule has 2 N–H and O–H groups in total. The van der Waals surface area contributed by atoms with Crippen molar-refractivity contribution in [3.05, 3.63) is 57.4 Å². The third-order valence-corrected chi connectivity index (χ3v) is 3.68. The molecular formula is C16H14ClFN2O3. The van der Waals surface area contributed by atoms with Crippen LogP contribution in [0.1, 0.15) is 25.3 Å². The Hall–Kier alpha value is -2.52. The zero-order valence-electron chi connectivity index (χ0n) is 12.5. The molecule has 1 atom stereocenters. The fourth-order valence-corrected chi connectivity index (χ4v) is 2.50. The van der Waals surface area contributed by atoms with E-state index in [-0.39, 0.29) is 34.4 Å². The molecule has 0 saturated carbocycles. The maximum atomic E-state index is 13.8. The average molecular weight is 337 g/mol. The molecule has 23 heavy (non-hydrogen) atoms. The molecule has 120 valence electrons. The summed E-state index contributed by atoms with van der Waals surface area (Å²) in [5, 5.41) is 9.31. The van der Waals surface area contributed by atoms with Crippen molar-refractivity contribution in [1.29, 1.82) is 5.26 Å². The van der Waals surface area contributed by atoms with E-state index in [9.17, 15) is 14.4 Å². The molecule has 1 unspecified atom stereocenters. The summed E-state index contributed by atoms with van der Waals surface area (Å²) >= 11 is 5.69. The van der Waals surface area contributed by atoms with Crippen molar-refractivity contribution in [2.75, 3.05) is 6.61 Å². The molecule has 0 spiro atoms. The summed E-state index contributed by atoms with van der Waals surface area (Å²) in [7, 11) is 0. The summed E-state index contributed by atoms with van der Waals surface area (Å²) in [6.45, 7) is 3.34. The van der Waals surface area contributed by atoms with Crippen LogP contribution in [0.15, 0.2) is 41.0 Å². The molecule has 0 aromatic heterocycles. The number of carbonyl (C=O) groups is 1. The van der Waals surface area contributed by atoms with E-state index >= 15 is 0 Å². The minimum Gasteiger partial charge on any atom is -0.463 e. The lowest BCUT2D eigenvalue weighted by Crippen LogP contribution is -2.25. The van der Waals surface area contributed by atoms with Crippen molar-refractivity contribution in [2.24, 2.45) is 5.73 Å². The Morgan fingerprint density at radius 1 is 1.57 bits per heavy atom. The third kappa shape index (κ3) is 3.15. The first-order valence-electron chi connectivity index (χ1n) is 6.81. The Morgan fingerprint density at radius 3 is 2.83 bits per heavy atom. The van der Waals surface area contributed by atoms with Crippen LogP contribution in [0.5, 0.6) is 0 Å². The highest BCUT2D eigenvalue weighted by molar-refractivity contribution is 6.30. The number of allylic oxidation sites excluding steroid dienone is 2. The Labute approximate surface area is 137 Å². The van der Waals surface area contributed by atoms with Gasteiger partial charge in [0.25, 0.3) is 0 Å². The zero-order valence-corrected chi connectivity index (χ0v) is 13.3. The quantitative estimate of drug-likeness (QED) is 0.857. The van der Waals surface area contributed by atoms with Gasteiger partial charge in [0.2, 0.25) is 5.88 Å². The average Bonchev–Trinajstić information content (AvgIpc) is 2.49. The Kier molecular flexibility index (Phi) is 4.92. The number of halogens is 2. The van der Waals surface area contributed by atoms with Crippen molar-refractivity contribution in [2.45, 2.75) is 19.8 Å². The van der Waals surface area contributed by atoms with Crippen molar-refractivity contribution in [3.63, 3.8) is 0 Å². The molecule has 2 rings (SSSR count). The van der Waals surface area contributed by atoms with E-state index in [1.165, 1.54) is 19.1 Å². The van der Waals surface area contributed by atoms with Gasteiger partial charge in [-0.1, -0.05) is 17.7 Å². The van der Waals surface area contributed by atoms with Crippen LogP contribution < -0.4 is 5.73 Å². The van der Waals surface area contributed by atoms with Gasteiger partial charge in [-0.3, -0.25) is 0 Å². The second-order valence-electron chi connectivity index (χ2n) is 4.79. The molecule has 1 aromatic carbocycles. The summed E-state index contributed by atoms with van der Waals surface area (Å²) in [6.07, 6.45) is 0. The van der Waals surface area contributed by atoms with Crippen LogP contribution in [-0.4, -0.2) is 12.6 Å². The lowest BCUT2D eigenvalue weighted by molar-refractivity contribution is -0.139. The largest absolute Gasteiger partial charge is 0.463 e. The number of hydrogen-bond donors (Lipinski definition) is 1. The van der Waals surface area contributed by atoms with Gasteiger partial charge in [-0.15, -0.1) is 0 Å². The first-order chi connectivity index (χ1) is 10.9. The highest BCUT2D eigenvalue weighted by Crippen LogP contribution is 2.40. The standard InChI is InChI=1S/C16H14ClFN2O3/c1-3-22-16(21)13-8(2)23-15(20)10(7-19)14(13)9-4-5-11(17)12(18)6-9/h4-6,14H,3,20H2,1-2H3. The fourth-order valence-electron chi connectivity index (χ4n) is 2.38. The predicted octanol–water partition coefficient (Wildman–Crippen LogP) is 3.12. The number of benzene rings is 1. The number of esters is 1. The minimum atomic E-state index is -0.875. The second-order valence-corrected chi connectivity index (χ2v) is 5.20. The summed E-state index contributed by atoms with van der Waals surface area (Å²) in [6, 6.07) is 5.96. The molecule has 1 heterocycles. The third-order valence-electron chi connectivity index (χ3n) is 3.38. The van der Waals surface area contributed by atoms with E-state index in [4.69, 9.17) is 26.8 Å².